The number of phenolic OH excluding ortho intramolecular Hbond substituents is 4. The summed E-state index contributed by atoms with van der Waals surface area (Å²) in [6, 6.07) is 5.16. The van der Waals surface area contributed by atoms with Crippen LogP contribution < -0.4 is 10.3 Å². The molecular formula is C32H20F2N2O8. The first kappa shape index (κ1) is 27.1. The van der Waals surface area contributed by atoms with Crippen molar-refractivity contribution < 1.29 is 43.5 Å². The molecule has 1 heterocycles. The predicted octanol–water partition coefficient (Wildman–Crippen LogP) is 4.34. The number of methoxy groups -OCH3 is 1. The van der Waals surface area contributed by atoms with Gasteiger partial charge in [0.25, 0.3) is 5.56 Å². The zero-order valence-corrected chi connectivity index (χ0v) is 23.0. The van der Waals surface area contributed by atoms with Crippen molar-refractivity contribution in [2.75, 3.05) is 7.11 Å². The number of hydrogen-bond donors (Lipinski definition) is 4. The van der Waals surface area contributed by atoms with Gasteiger partial charge in [0.2, 0.25) is 5.78 Å². The van der Waals surface area contributed by atoms with Gasteiger partial charge in [0.05, 0.1) is 35.4 Å². The number of fused-ring (bicyclic) bond motifs is 6. The van der Waals surface area contributed by atoms with Crippen molar-refractivity contribution in [2.24, 2.45) is 0 Å². The second kappa shape index (κ2) is 9.11. The number of hydrogen-bond acceptors (Lipinski definition) is 9. The van der Waals surface area contributed by atoms with Gasteiger partial charge in [-0.1, -0.05) is 0 Å². The number of halogens is 2. The Morgan fingerprint density at radius 1 is 0.841 bits per heavy atom. The van der Waals surface area contributed by atoms with Crippen LogP contribution >= 0.6 is 0 Å². The maximum Gasteiger partial charge on any atom is 0.283 e. The molecule has 0 atom stereocenters. The Labute approximate surface area is 245 Å². The molecule has 0 aliphatic heterocycles. The zero-order valence-electron chi connectivity index (χ0n) is 23.0. The lowest BCUT2D eigenvalue weighted by Crippen LogP contribution is -2.25. The molecule has 5 aromatic rings. The van der Waals surface area contributed by atoms with Gasteiger partial charge in [0.1, 0.15) is 40.3 Å². The van der Waals surface area contributed by atoms with Gasteiger partial charge < -0.3 is 25.2 Å². The summed E-state index contributed by atoms with van der Waals surface area (Å²) >= 11 is 0. The number of carbonyl (C=O) groups is 2. The Morgan fingerprint density at radius 2 is 1.59 bits per heavy atom. The van der Waals surface area contributed by atoms with Crippen LogP contribution in [0.5, 0.6) is 28.7 Å². The Balaban J connectivity index is 1.54. The lowest BCUT2D eigenvalue weighted by atomic mass is 9.75. The van der Waals surface area contributed by atoms with Crippen molar-refractivity contribution in [3.8, 4) is 45.6 Å². The number of ketones is 2. The summed E-state index contributed by atoms with van der Waals surface area (Å²) in [5.41, 5.74) is -2.06. The first-order valence-corrected chi connectivity index (χ1v) is 13.3. The van der Waals surface area contributed by atoms with Crippen LogP contribution in [0.15, 0.2) is 41.3 Å². The maximum absolute atomic E-state index is 14.6. The van der Waals surface area contributed by atoms with Crippen molar-refractivity contribution in [3.63, 3.8) is 0 Å². The summed E-state index contributed by atoms with van der Waals surface area (Å²) in [6.45, 7) is 1.37. The molecule has 0 amide bonds. The largest absolute Gasteiger partial charge is 0.508 e. The number of aromatic nitrogens is 2. The molecule has 0 saturated heterocycles. The minimum Gasteiger partial charge on any atom is -0.508 e. The van der Waals surface area contributed by atoms with Crippen LogP contribution in [-0.4, -0.2) is 48.9 Å². The van der Waals surface area contributed by atoms with E-state index < -0.39 is 57.3 Å². The molecule has 44 heavy (non-hydrogen) atoms. The van der Waals surface area contributed by atoms with Gasteiger partial charge in [-0.3, -0.25) is 14.4 Å². The van der Waals surface area contributed by atoms with E-state index in [0.29, 0.717) is 16.3 Å². The SMILES string of the molecule is COc1c2c(c(O)c3c1C(=O)c1c(cc(O)c(C)c1O)C3=O)-c1c(cc3cnn(-c4ccc(F)cc4F)c(=O)c3c1O)CC2. The molecule has 220 valence electrons. The number of benzene rings is 4. The van der Waals surface area contributed by atoms with Crippen LogP contribution in [-0.2, 0) is 12.8 Å². The second-order valence-electron chi connectivity index (χ2n) is 10.6. The highest BCUT2D eigenvalue weighted by Crippen LogP contribution is 2.54. The van der Waals surface area contributed by atoms with Gasteiger partial charge in [0.15, 0.2) is 11.6 Å². The molecule has 10 nitrogen and oxygen atoms in total. The quantitative estimate of drug-likeness (QED) is 0.227. The van der Waals surface area contributed by atoms with E-state index in [1.807, 2.05) is 0 Å². The van der Waals surface area contributed by atoms with Crippen molar-refractivity contribution in [2.45, 2.75) is 19.8 Å². The Hall–Kier alpha value is -5.78. The van der Waals surface area contributed by atoms with Crippen molar-refractivity contribution in [3.05, 3.63) is 97.5 Å². The summed E-state index contributed by atoms with van der Waals surface area (Å²) in [5, 5.41) is 48.2. The van der Waals surface area contributed by atoms with E-state index in [1.54, 1.807) is 6.07 Å². The van der Waals surface area contributed by atoms with Crippen molar-refractivity contribution in [1.29, 1.82) is 0 Å². The highest BCUT2D eigenvalue weighted by atomic mass is 19.1. The molecule has 0 radical (unpaired) electrons. The molecule has 0 spiro atoms. The average molecular weight is 599 g/mol. The third kappa shape index (κ3) is 3.38. The summed E-state index contributed by atoms with van der Waals surface area (Å²) < 4.78 is 34.4. The van der Waals surface area contributed by atoms with E-state index >= 15 is 0 Å². The van der Waals surface area contributed by atoms with Gasteiger partial charge in [-0.25, -0.2) is 8.78 Å². The first-order valence-electron chi connectivity index (χ1n) is 13.3. The minimum atomic E-state index is -1.06. The average Bonchev–Trinajstić information content (AvgIpc) is 2.98. The standard InChI is InChI=1S/C32H20F2N2O8/c1-11-19(37)9-16-23(26(11)38)30(42)25-24(27(16)39)29(41)22-15(31(25)44-2)5-3-12-7-13-10-35-36(18-6-4-14(33)8-17(18)34)32(43)21(13)28(40)20(12)22/h4,6-10,37-38,40-41H,3,5H2,1-2H3. The second-order valence-corrected chi connectivity index (χ2v) is 10.6. The highest BCUT2D eigenvalue weighted by molar-refractivity contribution is 6.32. The summed E-state index contributed by atoms with van der Waals surface area (Å²) in [5.74, 6) is -5.98. The Morgan fingerprint density at radius 3 is 2.30 bits per heavy atom. The molecule has 4 N–H and O–H groups in total. The topological polar surface area (TPSA) is 159 Å². The molecule has 1 aromatic heterocycles. The molecular weight excluding hydrogens is 578 g/mol. The van der Waals surface area contributed by atoms with E-state index in [1.165, 1.54) is 20.2 Å². The number of aryl methyl sites for hydroxylation is 1. The van der Waals surface area contributed by atoms with Gasteiger partial charge in [-0.15, -0.1) is 0 Å². The number of ether oxygens (including phenoxy) is 1. The van der Waals surface area contributed by atoms with Gasteiger partial charge >= 0.3 is 0 Å². The number of carbonyl (C=O) groups excluding carboxylic acids is 2. The summed E-state index contributed by atoms with van der Waals surface area (Å²) in [6.07, 6.45) is 1.69. The van der Waals surface area contributed by atoms with E-state index in [2.05, 4.69) is 5.10 Å². The van der Waals surface area contributed by atoms with Gasteiger partial charge in [-0.05, 0) is 49.6 Å². The highest BCUT2D eigenvalue weighted by Gasteiger charge is 2.42. The lowest BCUT2D eigenvalue weighted by Gasteiger charge is -2.29. The van der Waals surface area contributed by atoms with Crippen LogP contribution in [0, 0.1) is 18.6 Å². The number of rotatable bonds is 2. The van der Waals surface area contributed by atoms with Gasteiger partial charge in [-0.2, -0.15) is 9.78 Å². The smallest absolute Gasteiger partial charge is 0.283 e. The molecule has 12 heteroatoms. The fourth-order valence-corrected chi connectivity index (χ4v) is 6.27. The van der Waals surface area contributed by atoms with Crippen LogP contribution in [0.4, 0.5) is 8.78 Å². The van der Waals surface area contributed by atoms with Crippen LogP contribution in [0.3, 0.4) is 0 Å². The third-order valence-corrected chi connectivity index (χ3v) is 8.35. The first-order chi connectivity index (χ1) is 21.0. The molecule has 4 aromatic carbocycles. The lowest BCUT2D eigenvalue weighted by molar-refractivity contribution is 0.0971. The van der Waals surface area contributed by atoms with Crippen LogP contribution in [0.25, 0.3) is 27.6 Å². The molecule has 0 saturated carbocycles. The number of phenols is 4. The maximum atomic E-state index is 14.6. The predicted molar refractivity (Wildman–Crippen MR) is 151 cm³/mol. The molecule has 0 bridgehead atoms. The molecule has 2 aliphatic carbocycles. The third-order valence-electron chi connectivity index (χ3n) is 8.35. The molecule has 7 rings (SSSR count). The van der Waals surface area contributed by atoms with Gasteiger partial charge in [0, 0.05) is 39.3 Å². The molecule has 0 unspecified atom stereocenters. The molecule has 0 fully saturated rings. The zero-order chi connectivity index (χ0) is 31.4. The van der Waals surface area contributed by atoms with Crippen LogP contribution in [0.1, 0.15) is 48.5 Å². The normalized spacial score (nSPS) is 13.4. The van der Waals surface area contributed by atoms with Crippen LogP contribution in [0.2, 0.25) is 0 Å². The summed E-state index contributed by atoms with van der Waals surface area (Å²) in [7, 11) is 1.26. The van der Waals surface area contributed by atoms with E-state index in [4.69, 9.17) is 4.74 Å². The Bertz CT molecular complexity index is 2260. The number of nitrogens with zero attached hydrogens (tertiary/aromatic N) is 2. The Kier molecular flexibility index (Phi) is 5.60. The van der Waals surface area contributed by atoms with E-state index in [-0.39, 0.29) is 74.0 Å². The minimum absolute atomic E-state index is 0.00701. The van der Waals surface area contributed by atoms with E-state index in [9.17, 15) is 43.6 Å². The van der Waals surface area contributed by atoms with E-state index in [0.717, 1.165) is 18.2 Å². The monoisotopic (exact) mass is 598 g/mol. The number of aromatic hydroxyl groups is 4. The van der Waals surface area contributed by atoms with Crippen molar-refractivity contribution in [1.82, 2.24) is 9.78 Å². The molecule has 2 aliphatic rings. The summed E-state index contributed by atoms with van der Waals surface area (Å²) in [4.78, 5) is 41.2. The fourth-order valence-electron chi connectivity index (χ4n) is 6.27. The fraction of sp³-hybridized carbons (Fsp3) is 0.125. The van der Waals surface area contributed by atoms with Crippen molar-refractivity contribution >= 4 is 22.3 Å².